The number of aromatic nitrogens is 4. The molecule has 0 amide bonds. The van der Waals surface area contributed by atoms with Crippen molar-refractivity contribution in [2.24, 2.45) is 13.0 Å². The first-order valence-electron chi connectivity index (χ1n) is 8.97. The fraction of sp³-hybridized carbons (Fsp3) is 0.706. The van der Waals surface area contributed by atoms with E-state index in [0.29, 0.717) is 17.1 Å². The number of H-pyrrole nitrogens is 1. The van der Waals surface area contributed by atoms with Crippen LogP contribution in [0.1, 0.15) is 46.0 Å². The predicted molar refractivity (Wildman–Crippen MR) is 95.7 cm³/mol. The topological polar surface area (TPSA) is 75.9 Å². The van der Waals surface area contributed by atoms with E-state index in [1.165, 1.54) is 11.0 Å². The van der Waals surface area contributed by atoms with E-state index < -0.39 is 5.69 Å². The molecule has 0 spiro atoms. The lowest BCUT2D eigenvalue weighted by Gasteiger charge is -2.32. The molecule has 2 aromatic rings. The van der Waals surface area contributed by atoms with Crippen LogP contribution in [0, 0.1) is 5.92 Å². The smallest absolute Gasteiger partial charge is 0.329 e. The first-order valence-corrected chi connectivity index (χ1v) is 8.97. The summed E-state index contributed by atoms with van der Waals surface area (Å²) in [6.45, 7) is 7.07. The third kappa shape index (κ3) is 2.99. The molecule has 2 aromatic heterocycles. The van der Waals surface area contributed by atoms with E-state index in [1.807, 2.05) is 4.57 Å². The fourth-order valence-corrected chi connectivity index (χ4v) is 3.57. The van der Waals surface area contributed by atoms with Crippen LogP contribution >= 0.6 is 0 Å². The molecule has 3 heterocycles. The molecule has 7 heteroatoms. The van der Waals surface area contributed by atoms with Crippen LogP contribution in [0.4, 0.5) is 5.95 Å². The molecule has 3 rings (SSSR count). The number of nitrogens with zero attached hydrogens (tertiary/aromatic N) is 4. The van der Waals surface area contributed by atoms with Gasteiger partial charge in [-0.05, 0) is 25.2 Å². The van der Waals surface area contributed by atoms with E-state index in [1.54, 1.807) is 7.05 Å². The summed E-state index contributed by atoms with van der Waals surface area (Å²) in [6.07, 6.45) is 5.59. The third-order valence-corrected chi connectivity index (χ3v) is 4.91. The molecule has 0 bridgehead atoms. The van der Waals surface area contributed by atoms with Gasteiger partial charge in [0.25, 0.3) is 5.56 Å². The van der Waals surface area contributed by atoms with Crippen LogP contribution in [-0.4, -0.2) is 32.2 Å². The number of aromatic amines is 1. The highest BCUT2D eigenvalue weighted by Crippen LogP contribution is 2.25. The molecule has 1 fully saturated rings. The summed E-state index contributed by atoms with van der Waals surface area (Å²) in [5.41, 5.74) is 0.243. The van der Waals surface area contributed by atoms with Gasteiger partial charge in [0.1, 0.15) is 0 Å². The molecule has 1 aliphatic heterocycles. The number of aryl methyl sites for hydroxylation is 2. The molecule has 0 aromatic carbocycles. The molecule has 0 radical (unpaired) electrons. The van der Waals surface area contributed by atoms with Gasteiger partial charge < -0.3 is 9.47 Å². The van der Waals surface area contributed by atoms with E-state index in [2.05, 4.69) is 23.7 Å². The molecular formula is C17H27N5O2. The summed E-state index contributed by atoms with van der Waals surface area (Å²) < 4.78 is 3.45. The second kappa shape index (κ2) is 6.83. The maximum atomic E-state index is 12.4. The van der Waals surface area contributed by atoms with Crippen molar-refractivity contribution in [3.63, 3.8) is 0 Å². The molecule has 1 unspecified atom stereocenters. The number of nitrogens with one attached hydrogen (secondary N) is 1. The number of piperidine rings is 1. The molecule has 132 valence electrons. The zero-order valence-electron chi connectivity index (χ0n) is 14.8. The Morgan fingerprint density at radius 2 is 2.08 bits per heavy atom. The van der Waals surface area contributed by atoms with Crippen molar-refractivity contribution < 1.29 is 0 Å². The molecule has 1 saturated heterocycles. The van der Waals surface area contributed by atoms with Gasteiger partial charge in [-0.2, -0.15) is 4.98 Å². The van der Waals surface area contributed by atoms with Crippen LogP contribution in [0.25, 0.3) is 11.2 Å². The van der Waals surface area contributed by atoms with Crippen molar-refractivity contribution in [1.82, 2.24) is 19.1 Å². The first-order chi connectivity index (χ1) is 11.5. The van der Waals surface area contributed by atoms with Crippen molar-refractivity contribution in [1.29, 1.82) is 0 Å². The van der Waals surface area contributed by atoms with Crippen molar-refractivity contribution in [2.75, 3.05) is 18.0 Å². The van der Waals surface area contributed by atoms with Gasteiger partial charge >= 0.3 is 5.69 Å². The molecule has 0 saturated carbocycles. The zero-order valence-corrected chi connectivity index (χ0v) is 14.8. The monoisotopic (exact) mass is 333 g/mol. The van der Waals surface area contributed by atoms with E-state index >= 15 is 0 Å². The van der Waals surface area contributed by atoms with Gasteiger partial charge in [-0.25, -0.2) is 4.79 Å². The first kappa shape index (κ1) is 16.8. The third-order valence-electron chi connectivity index (χ3n) is 4.91. The van der Waals surface area contributed by atoms with E-state index in [0.717, 1.165) is 51.3 Å². The van der Waals surface area contributed by atoms with Gasteiger partial charge in [-0.3, -0.25) is 14.3 Å². The van der Waals surface area contributed by atoms with Crippen LogP contribution in [0.15, 0.2) is 9.59 Å². The van der Waals surface area contributed by atoms with Crippen LogP contribution < -0.4 is 16.1 Å². The number of anilines is 1. The average molecular weight is 333 g/mol. The summed E-state index contributed by atoms with van der Waals surface area (Å²) in [4.78, 5) is 33.7. The Morgan fingerprint density at radius 3 is 2.79 bits per heavy atom. The highest BCUT2D eigenvalue weighted by molar-refractivity contribution is 5.74. The highest BCUT2D eigenvalue weighted by atomic mass is 16.2. The molecule has 1 aliphatic rings. The Kier molecular flexibility index (Phi) is 4.78. The molecule has 1 atom stereocenters. The van der Waals surface area contributed by atoms with Crippen LogP contribution in [0.3, 0.4) is 0 Å². The van der Waals surface area contributed by atoms with Gasteiger partial charge in [0.2, 0.25) is 5.95 Å². The van der Waals surface area contributed by atoms with Gasteiger partial charge in [-0.1, -0.05) is 26.7 Å². The lowest BCUT2D eigenvalue weighted by molar-refractivity contribution is 0.437. The summed E-state index contributed by atoms with van der Waals surface area (Å²) >= 11 is 0. The van der Waals surface area contributed by atoms with Crippen LogP contribution in [0.5, 0.6) is 0 Å². The Morgan fingerprint density at radius 1 is 1.29 bits per heavy atom. The molecule has 0 aliphatic carbocycles. The number of imidazole rings is 1. The minimum atomic E-state index is -0.413. The minimum Gasteiger partial charge on any atom is -0.342 e. The Bertz CT molecular complexity index is 832. The van der Waals surface area contributed by atoms with Crippen molar-refractivity contribution in [2.45, 2.75) is 52.5 Å². The van der Waals surface area contributed by atoms with Gasteiger partial charge in [0, 0.05) is 26.7 Å². The number of hydrogen-bond acceptors (Lipinski definition) is 4. The lowest BCUT2D eigenvalue weighted by atomic mass is 10.0. The van der Waals surface area contributed by atoms with Crippen molar-refractivity contribution >= 4 is 17.1 Å². The van der Waals surface area contributed by atoms with E-state index in [-0.39, 0.29) is 5.56 Å². The fourth-order valence-electron chi connectivity index (χ4n) is 3.57. The Balaban J connectivity index is 2.13. The Labute approximate surface area is 141 Å². The standard InChI is InChI=1S/C17H27N5O2/c1-4-5-6-10-22-13-14(20(3)17(24)19-15(13)23)18-16(22)21-9-7-8-12(2)11-21/h12H,4-11H2,1-3H3,(H,19,23,24). The SMILES string of the molecule is CCCCCn1c(N2CCCC(C)C2)nc2c1c(=O)[nH]c(=O)n2C. The number of hydrogen-bond donors (Lipinski definition) is 1. The second-order valence-electron chi connectivity index (χ2n) is 6.95. The Hall–Kier alpha value is -2.05. The van der Waals surface area contributed by atoms with Crippen molar-refractivity contribution in [3.05, 3.63) is 20.8 Å². The summed E-state index contributed by atoms with van der Waals surface area (Å²) in [5.74, 6) is 1.45. The minimum absolute atomic E-state index is 0.339. The number of fused-ring (bicyclic) bond motifs is 1. The zero-order chi connectivity index (χ0) is 17.3. The molecule has 24 heavy (non-hydrogen) atoms. The maximum absolute atomic E-state index is 12.4. The summed E-state index contributed by atoms with van der Waals surface area (Å²) in [7, 11) is 1.66. The molecular weight excluding hydrogens is 306 g/mol. The van der Waals surface area contributed by atoms with Gasteiger partial charge in [0.15, 0.2) is 11.2 Å². The lowest BCUT2D eigenvalue weighted by Crippen LogP contribution is -2.36. The maximum Gasteiger partial charge on any atom is 0.329 e. The second-order valence-corrected chi connectivity index (χ2v) is 6.95. The normalized spacial score (nSPS) is 18.5. The van der Waals surface area contributed by atoms with Gasteiger partial charge in [0.05, 0.1) is 0 Å². The number of rotatable bonds is 5. The summed E-state index contributed by atoms with van der Waals surface area (Å²) in [5, 5.41) is 0. The average Bonchev–Trinajstić information content (AvgIpc) is 2.93. The van der Waals surface area contributed by atoms with Gasteiger partial charge in [-0.15, -0.1) is 0 Å². The highest BCUT2D eigenvalue weighted by Gasteiger charge is 2.24. The molecule has 7 nitrogen and oxygen atoms in total. The largest absolute Gasteiger partial charge is 0.342 e. The van der Waals surface area contributed by atoms with Crippen molar-refractivity contribution in [3.8, 4) is 0 Å². The van der Waals surface area contributed by atoms with E-state index in [9.17, 15) is 9.59 Å². The summed E-state index contributed by atoms with van der Waals surface area (Å²) in [6, 6.07) is 0. The quantitative estimate of drug-likeness (QED) is 0.847. The molecule has 1 N–H and O–H groups in total. The van der Waals surface area contributed by atoms with Crippen LogP contribution in [-0.2, 0) is 13.6 Å². The van der Waals surface area contributed by atoms with E-state index in [4.69, 9.17) is 4.98 Å². The predicted octanol–water partition coefficient (Wildman–Crippen LogP) is 1.85. The van der Waals surface area contributed by atoms with Crippen LogP contribution in [0.2, 0.25) is 0 Å². The number of unbranched alkanes of at least 4 members (excludes halogenated alkanes) is 2.